The number of carbonyl (C=O) groups is 1. The van der Waals surface area contributed by atoms with Gasteiger partial charge in [-0.25, -0.2) is 4.79 Å². The highest BCUT2D eigenvalue weighted by Gasteiger charge is 2.45. The van der Waals surface area contributed by atoms with Gasteiger partial charge >= 0.3 is 12.1 Å². The number of esters is 1. The molecular formula is C14H12BrCl2F3N3O2+. The van der Waals surface area contributed by atoms with Crippen molar-refractivity contribution < 1.29 is 27.4 Å². The smallest absolute Gasteiger partial charge is 0.459 e. The van der Waals surface area contributed by atoms with Crippen LogP contribution in [0.15, 0.2) is 16.7 Å². The fourth-order valence-electron chi connectivity index (χ4n) is 2.04. The summed E-state index contributed by atoms with van der Waals surface area (Å²) in [5.74, 6) is -0.721. The first-order valence-corrected chi connectivity index (χ1v) is 8.40. The molecule has 1 aromatic heterocycles. The van der Waals surface area contributed by atoms with E-state index in [9.17, 15) is 18.0 Å². The Morgan fingerprint density at radius 3 is 2.40 bits per heavy atom. The lowest BCUT2D eigenvalue weighted by Crippen LogP contribution is -2.35. The van der Waals surface area contributed by atoms with Gasteiger partial charge in [-0.2, -0.15) is 13.2 Å². The molecule has 0 atom stereocenters. The van der Waals surface area contributed by atoms with Gasteiger partial charge in [0.05, 0.1) is 26.9 Å². The van der Waals surface area contributed by atoms with E-state index in [-0.39, 0.29) is 25.9 Å². The van der Waals surface area contributed by atoms with Gasteiger partial charge in [-0.05, 0) is 19.9 Å². The van der Waals surface area contributed by atoms with Crippen molar-refractivity contribution in [3.63, 3.8) is 0 Å². The molecule has 0 aliphatic carbocycles. The minimum absolute atomic E-state index is 0.0168. The Balaban J connectivity index is 2.63. The summed E-state index contributed by atoms with van der Waals surface area (Å²) in [6, 6.07) is 2.48. The van der Waals surface area contributed by atoms with Gasteiger partial charge in [0.25, 0.3) is 10.3 Å². The summed E-state index contributed by atoms with van der Waals surface area (Å²) >= 11 is 15.0. The highest BCUT2D eigenvalue weighted by molar-refractivity contribution is 9.10. The monoisotopic (exact) mass is 460 g/mol. The zero-order valence-corrected chi connectivity index (χ0v) is 16.3. The zero-order chi connectivity index (χ0) is 19.1. The lowest BCUT2D eigenvalue weighted by Gasteiger charge is -2.10. The summed E-state index contributed by atoms with van der Waals surface area (Å²) in [4.78, 5) is 12.1. The molecule has 0 aliphatic rings. The van der Waals surface area contributed by atoms with Crippen molar-refractivity contribution in [3.8, 4) is 5.69 Å². The number of rotatable bonds is 3. The Morgan fingerprint density at radius 1 is 1.32 bits per heavy atom. The molecule has 0 fully saturated rings. The van der Waals surface area contributed by atoms with Gasteiger partial charge in [0, 0.05) is 22.0 Å². The molecule has 0 saturated carbocycles. The SMILES string of the molecule is CC(C)OC(=O)c1cc(-[n+]2nn(C)c(C(F)(F)F)c2Br)c(Cl)cc1Cl. The van der Waals surface area contributed by atoms with E-state index in [1.54, 1.807) is 13.8 Å². The van der Waals surface area contributed by atoms with E-state index in [0.717, 1.165) is 11.7 Å². The average Bonchev–Trinajstić information content (AvgIpc) is 2.72. The molecule has 11 heteroatoms. The van der Waals surface area contributed by atoms with Crippen LogP contribution in [0.1, 0.15) is 29.9 Å². The maximum atomic E-state index is 13.1. The first-order valence-electron chi connectivity index (χ1n) is 6.86. The number of aromatic nitrogens is 3. The number of halogens is 6. The highest BCUT2D eigenvalue weighted by Crippen LogP contribution is 2.34. The average molecular weight is 462 g/mol. The van der Waals surface area contributed by atoms with Crippen molar-refractivity contribution in [1.29, 1.82) is 0 Å². The van der Waals surface area contributed by atoms with Gasteiger partial charge in [0.15, 0.2) is 5.69 Å². The second-order valence-electron chi connectivity index (χ2n) is 5.30. The third kappa shape index (κ3) is 4.09. The van der Waals surface area contributed by atoms with Crippen molar-refractivity contribution in [1.82, 2.24) is 9.90 Å². The van der Waals surface area contributed by atoms with Crippen LogP contribution >= 0.6 is 39.1 Å². The number of aryl methyl sites for hydroxylation is 1. The van der Waals surface area contributed by atoms with Gasteiger partial charge in [0.1, 0.15) is 7.05 Å². The minimum atomic E-state index is -4.63. The number of nitrogens with zero attached hydrogens (tertiary/aromatic N) is 3. The Hall–Kier alpha value is -1.32. The van der Waals surface area contributed by atoms with Crippen LogP contribution in [0.3, 0.4) is 0 Å². The molecule has 25 heavy (non-hydrogen) atoms. The summed E-state index contributed by atoms with van der Waals surface area (Å²) < 4.78 is 45.6. The summed E-state index contributed by atoms with van der Waals surface area (Å²) in [6.07, 6.45) is -5.03. The van der Waals surface area contributed by atoms with Gasteiger partial charge in [-0.15, -0.1) is 4.68 Å². The molecule has 0 amide bonds. The molecule has 1 heterocycles. The molecule has 1 aromatic carbocycles. The first kappa shape index (κ1) is 20.0. The van der Waals surface area contributed by atoms with Crippen LogP contribution in [0.4, 0.5) is 13.2 Å². The molecule has 0 radical (unpaired) electrons. The second kappa shape index (κ2) is 7.13. The number of hydrogen-bond donors (Lipinski definition) is 0. The summed E-state index contributed by atoms with van der Waals surface area (Å²) in [6.45, 7) is 3.31. The number of benzene rings is 1. The lowest BCUT2D eigenvalue weighted by atomic mass is 10.2. The number of alkyl halides is 3. The maximum Gasteiger partial charge on any atom is 0.460 e. The van der Waals surface area contributed by atoms with Crippen molar-refractivity contribution >= 4 is 45.1 Å². The van der Waals surface area contributed by atoms with Crippen LogP contribution in [-0.2, 0) is 18.0 Å². The van der Waals surface area contributed by atoms with Gasteiger partial charge in [-0.1, -0.05) is 27.9 Å². The molecule has 0 saturated heterocycles. The molecule has 0 N–H and O–H groups in total. The van der Waals surface area contributed by atoms with Crippen LogP contribution in [0.2, 0.25) is 10.0 Å². The molecule has 0 bridgehead atoms. The van der Waals surface area contributed by atoms with Crippen molar-refractivity contribution in [2.45, 2.75) is 26.1 Å². The van der Waals surface area contributed by atoms with Crippen molar-refractivity contribution in [2.24, 2.45) is 7.05 Å². The van der Waals surface area contributed by atoms with Gasteiger partial charge in [0.2, 0.25) is 0 Å². The fraction of sp³-hybridized carbons (Fsp3) is 0.357. The fourth-order valence-corrected chi connectivity index (χ4v) is 3.32. The van der Waals surface area contributed by atoms with Crippen molar-refractivity contribution in [2.75, 3.05) is 0 Å². The van der Waals surface area contributed by atoms with Crippen molar-refractivity contribution in [3.05, 3.63) is 38.0 Å². The van der Waals surface area contributed by atoms with Gasteiger partial charge in [-0.3, -0.25) is 0 Å². The van der Waals surface area contributed by atoms with E-state index in [4.69, 9.17) is 27.9 Å². The normalized spacial score (nSPS) is 11.9. The van der Waals surface area contributed by atoms with Gasteiger partial charge < -0.3 is 4.74 Å². The largest absolute Gasteiger partial charge is 0.460 e. The summed E-state index contributed by atoms with van der Waals surface area (Å²) in [7, 11) is 1.14. The molecule has 0 unspecified atom stereocenters. The molecule has 2 rings (SSSR count). The summed E-state index contributed by atoms with van der Waals surface area (Å²) in [5, 5.41) is 3.82. The highest BCUT2D eigenvalue weighted by atomic mass is 79.9. The third-order valence-corrected chi connectivity index (χ3v) is 4.35. The predicted octanol–water partition coefficient (Wildman–Crippen LogP) is 4.35. The molecule has 2 aromatic rings. The first-order chi connectivity index (χ1) is 11.4. The third-order valence-electron chi connectivity index (χ3n) is 3.02. The standard InChI is InChI=1S/C14H12BrCl2F3N3O2/c1-6(2)25-13(24)7-4-10(9(17)5-8(7)16)23-12(15)11(14(18,19)20)22(3)21-23/h4-6H,1-3H3/q+1. The van der Waals surface area contributed by atoms with Crippen LogP contribution < -0.4 is 4.68 Å². The van der Waals surface area contributed by atoms with E-state index in [2.05, 4.69) is 21.1 Å². The van der Waals surface area contributed by atoms with E-state index in [0.29, 0.717) is 4.68 Å². The summed E-state index contributed by atoms with van der Waals surface area (Å²) in [5.41, 5.74) is -1.00. The van der Waals surface area contributed by atoms with E-state index >= 15 is 0 Å². The molecule has 5 nitrogen and oxygen atoms in total. The van der Waals surface area contributed by atoms with Crippen LogP contribution in [0.5, 0.6) is 0 Å². The molecule has 0 aliphatic heterocycles. The lowest BCUT2D eigenvalue weighted by molar-refractivity contribution is -0.672. The Bertz CT molecular complexity index is 838. The number of hydrogen-bond acceptors (Lipinski definition) is 3. The topological polar surface area (TPSA) is 48.0 Å². The number of ether oxygens (including phenoxy) is 1. The second-order valence-corrected chi connectivity index (χ2v) is 6.87. The number of carbonyl (C=O) groups excluding carboxylic acids is 1. The zero-order valence-electron chi connectivity index (χ0n) is 13.2. The van der Waals surface area contributed by atoms with Crippen LogP contribution in [0, 0.1) is 0 Å². The van der Waals surface area contributed by atoms with E-state index in [1.165, 1.54) is 12.1 Å². The Kier molecular flexibility index (Phi) is 5.70. The minimum Gasteiger partial charge on any atom is -0.459 e. The van der Waals surface area contributed by atoms with E-state index < -0.39 is 23.9 Å². The Labute approximate surface area is 159 Å². The predicted molar refractivity (Wildman–Crippen MR) is 88.0 cm³/mol. The Morgan fingerprint density at radius 2 is 1.92 bits per heavy atom. The quantitative estimate of drug-likeness (QED) is 0.504. The van der Waals surface area contributed by atoms with Crippen LogP contribution in [0.25, 0.3) is 5.69 Å². The molecular weight excluding hydrogens is 450 g/mol. The molecule has 0 spiro atoms. The van der Waals surface area contributed by atoms with Crippen LogP contribution in [-0.4, -0.2) is 22.0 Å². The molecule has 136 valence electrons. The maximum absolute atomic E-state index is 13.1. The van der Waals surface area contributed by atoms with E-state index in [1.807, 2.05) is 0 Å².